The number of hydrogen-bond donors (Lipinski definition) is 0. The lowest BCUT2D eigenvalue weighted by Gasteiger charge is -2.34. The number of aryl methyl sites for hydroxylation is 1. The largest absolute Gasteiger partial charge is 0.439 e. The van der Waals surface area contributed by atoms with Crippen LogP contribution in [-0.2, 0) is 16.0 Å². The van der Waals surface area contributed by atoms with Crippen LogP contribution in [0.5, 0.6) is 0 Å². The van der Waals surface area contributed by atoms with Crippen molar-refractivity contribution >= 4 is 29.4 Å². The Morgan fingerprint density at radius 3 is 2.70 bits per heavy atom. The minimum Gasteiger partial charge on any atom is -0.439 e. The molecule has 0 N–H and O–H groups in total. The van der Waals surface area contributed by atoms with Gasteiger partial charge in [0.05, 0.1) is 5.69 Å². The summed E-state index contributed by atoms with van der Waals surface area (Å²) in [6.07, 6.45) is 2.22. The summed E-state index contributed by atoms with van der Waals surface area (Å²) in [5, 5.41) is 4.03. The molecule has 0 aromatic carbocycles. The summed E-state index contributed by atoms with van der Waals surface area (Å²) in [6.45, 7) is 2.87. The van der Waals surface area contributed by atoms with E-state index in [-0.39, 0.29) is 24.5 Å². The van der Waals surface area contributed by atoms with E-state index in [0.29, 0.717) is 30.8 Å². The van der Waals surface area contributed by atoms with Crippen molar-refractivity contribution in [1.29, 1.82) is 0 Å². The van der Waals surface area contributed by atoms with Crippen molar-refractivity contribution in [1.82, 2.24) is 19.4 Å². The van der Waals surface area contributed by atoms with Gasteiger partial charge in [0.25, 0.3) is 11.8 Å². The number of nitrogens with zero attached hydrogens (tertiary/aromatic N) is 4. The Hall–Kier alpha value is -2.03. The summed E-state index contributed by atoms with van der Waals surface area (Å²) in [4.78, 5) is 39.4. The van der Waals surface area contributed by atoms with Gasteiger partial charge >= 0.3 is 6.09 Å². The van der Waals surface area contributed by atoms with Crippen molar-refractivity contribution in [3.05, 3.63) is 10.6 Å². The maximum absolute atomic E-state index is 12.6. The third-order valence-electron chi connectivity index (χ3n) is 4.14. The van der Waals surface area contributed by atoms with E-state index in [4.69, 9.17) is 4.74 Å². The second-order valence-electron chi connectivity index (χ2n) is 5.64. The van der Waals surface area contributed by atoms with Gasteiger partial charge in [-0.15, -0.1) is 5.10 Å². The minimum atomic E-state index is -0.573. The first-order valence-corrected chi connectivity index (χ1v) is 8.48. The fraction of sp³-hybridized carbons (Fsp3) is 0.643. The van der Waals surface area contributed by atoms with Gasteiger partial charge in [0.1, 0.15) is 4.88 Å². The molecule has 9 heteroatoms. The van der Waals surface area contributed by atoms with Gasteiger partial charge in [-0.05, 0) is 30.8 Å². The molecule has 0 saturated carbocycles. The van der Waals surface area contributed by atoms with Crippen LogP contribution >= 0.6 is 11.5 Å². The van der Waals surface area contributed by atoms with Crippen LogP contribution < -0.4 is 0 Å². The zero-order chi connectivity index (χ0) is 16.4. The molecule has 0 bridgehead atoms. The van der Waals surface area contributed by atoms with Crippen molar-refractivity contribution in [3.63, 3.8) is 0 Å². The monoisotopic (exact) mass is 338 g/mol. The molecule has 0 radical (unpaired) electrons. The SMILES string of the molecule is CCCc1nnsc1C(=O)N1CCC(N2C(=O)COC2=O)CC1. The lowest BCUT2D eigenvalue weighted by Crippen LogP contribution is -2.48. The van der Waals surface area contributed by atoms with Gasteiger partial charge in [-0.2, -0.15) is 0 Å². The Morgan fingerprint density at radius 2 is 2.09 bits per heavy atom. The molecule has 23 heavy (non-hydrogen) atoms. The third kappa shape index (κ3) is 3.05. The highest BCUT2D eigenvalue weighted by molar-refractivity contribution is 7.08. The molecule has 0 spiro atoms. The number of piperidine rings is 1. The Morgan fingerprint density at radius 1 is 1.35 bits per heavy atom. The maximum atomic E-state index is 12.6. The number of aromatic nitrogens is 2. The van der Waals surface area contributed by atoms with E-state index in [1.807, 2.05) is 6.92 Å². The van der Waals surface area contributed by atoms with E-state index in [2.05, 4.69) is 9.59 Å². The standard InChI is InChI=1S/C14H18N4O4S/c1-2-3-10-12(23-16-15-10)13(20)17-6-4-9(5-7-17)18-11(19)8-22-14(18)21/h9H,2-8H2,1H3. The van der Waals surface area contributed by atoms with Crippen LogP contribution in [0.3, 0.4) is 0 Å². The average Bonchev–Trinajstić information content (AvgIpc) is 3.14. The summed E-state index contributed by atoms with van der Waals surface area (Å²) in [7, 11) is 0. The quantitative estimate of drug-likeness (QED) is 0.815. The van der Waals surface area contributed by atoms with Crippen LogP contribution in [0.25, 0.3) is 0 Å². The molecule has 2 fully saturated rings. The Balaban J connectivity index is 1.62. The summed E-state index contributed by atoms with van der Waals surface area (Å²) in [6, 6.07) is -0.184. The lowest BCUT2D eigenvalue weighted by molar-refractivity contribution is -0.127. The molecule has 2 saturated heterocycles. The predicted octanol–water partition coefficient (Wildman–Crippen LogP) is 1.07. The van der Waals surface area contributed by atoms with E-state index in [0.717, 1.165) is 30.1 Å². The van der Waals surface area contributed by atoms with E-state index in [1.54, 1.807) is 4.90 Å². The summed E-state index contributed by atoms with van der Waals surface area (Å²) in [5.74, 6) is -0.353. The highest BCUT2D eigenvalue weighted by Gasteiger charge is 2.39. The van der Waals surface area contributed by atoms with Crippen molar-refractivity contribution in [2.45, 2.75) is 38.6 Å². The number of carbonyl (C=O) groups is 3. The van der Waals surface area contributed by atoms with Gasteiger partial charge in [0.15, 0.2) is 6.61 Å². The Bertz CT molecular complexity index is 608. The van der Waals surface area contributed by atoms with Crippen LogP contribution in [-0.4, -0.2) is 63.0 Å². The number of imide groups is 1. The fourth-order valence-corrected chi connectivity index (χ4v) is 3.64. The van der Waals surface area contributed by atoms with Crippen molar-refractivity contribution in [2.75, 3.05) is 19.7 Å². The first-order valence-electron chi connectivity index (χ1n) is 7.71. The van der Waals surface area contributed by atoms with Gasteiger partial charge in [-0.3, -0.25) is 9.59 Å². The second-order valence-corrected chi connectivity index (χ2v) is 6.39. The van der Waals surface area contributed by atoms with E-state index >= 15 is 0 Å². The summed E-state index contributed by atoms with van der Waals surface area (Å²) >= 11 is 1.13. The topological polar surface area (TPSA) is 92.7 Å². The lowest BCUT2D eigenvalue weighted by atomic mass is 10.0. The molecule has 0 aliphatic carbocycles. The van der Waals surface area contributed by atoms with Gasteiger partial charge < -0.3 is 9.64 Å². The Kier molecular flexibility index (Phi) is 4.56. The minimum absolute atomic E-state index is 0.0581. The molecule has 1 aromatic rings. The number of carbonyl (C=O) groups excluding carboxylic acids is 3. The highest BCUT2D eigenvalue weighted by atomic mass is 32.1. The average molecular weight is 338 g/mol. The van der Waals surface area contributed by atoms with Crippen LogP contribution in [0.15, 0.2) is 0 Å². The molecule has 124 valence electrons. The molecule has 0 unspecified atom stereocenters. The number of likely N-dealkylation sites (tertiary alicyclic amines) is 1. The molecule has 2 aliphatic heterocycles. The van der Waals surface area contributed by atoms with Crippen LogP contribution in [0.4, 0.5) is 4.79 Å². The Labute approximate surface area is 137 Å². The zero-order valence-corrected chi connectivity index (χ0v) is 13.7. The molecule has 3 heterocycles. The van der Waals surface area contributed by atoms with Gasteiger partial charge in [-0.1, -0.05) is 17.8 Å². The number of ether oxygens (including phenoxy) is 1. The molecule has 8 nitrogen and oxygen atoms in total. The van der Waals surface area contributed by atoms with Crippen molar-refractivity contribution in [3.8, 4) is 0 Å². The van der Waals surface area contributed by atoms with E-state index in [9.17, 15) is 14.4 Å². The fourth-order valence-electron chi connectivity index (χ4n) is 2.96. The molecular weight excluding hydrogens is 320 g/mol. The van der Waals surface area contributed by atoms with Gasteiger partial charge in [0, 0.05) is 19.1 Å². The first-order chi connectivity index (χ1) is 11.1. The smallest absolute Gasteiger partial charge is 0.417 e. The molecule has 0 atom stereocenters. The summed E-state index contributed by atoms with van der Waals surface area (Å²) in [5.41, 5.74) is 0.753. The highest BCUT2D eigenvalue weighted by Crippen LogP contribution is 2.23. The second kappa shape index (κ2) is 6.61. The molecule has 3 amide bonds. The maximum Gasteiger partial charge on any atom is 0.417 e. The number of rotatable bonds is 4. The van der Waals surface area contributed by atoms with E-state index in [1.165, 1.54) is 4.90 Å². The van der Waals surface area contributed by atoms with E-state index < -0.39 is 6.09 Å². The normalized spacial score (nSPS) is 19.3. The number of amides is 3. The summed E-state index contributed by atoms with van der Waals surface area (Å²) < 4.78 is 8.63. The van der Waals surface area contributed by atoms with Gasteiger partial charge in [-0.25, -0.2) is 9.69 Å². The van der Waals surface area contributed by atoms with Crippen LogP contribution in [0.1, 0.15) is 41.6 Å². The van der Waals surface area contributed by atoms with Crippen LogP contribution in [0.2, 0.25) is 0 Å². The van der Waals surface area contributed by atoms with Crippen molar-refractivity contribution in [2.24, 2.45) is 0 Å². The zero-order valence-electron chi connectivity index (χ0n) is 12.9. The van der Waals surface area contributed by atoms with Gasteiger partial charge in [0.2, 0.25) is 0 Å². The molecule has 1 aromatic heterocycles. The first kappa shape index (κ1) is 15.9. The number of hydrogen-bond acceptors (Lipinski definition) is 7. The molecular formula is C14H18N4O4S. The van der Waals surface area contributed by atoms with Crippen LogP contribution in [0, 0.1) is 0 Å². The number of cyclic esters (lactones) is 1. The third-order valence-corrected chi connectivity index (χ3v) is 4.89. The molecule has 3 rings (SSSR count). The predicted molar refractivity (Wildman–Crippen MR) is 81.0 cm³/mol. The molecule has 2 aliphatic rings. The van der Waals surface area contributed by atoms with Crippen molar-refractivity contribution < 1.29 is 19.1 Å².